The average Bonchev–Trinajstić information content (AvgIpc) is 2.53. The summed E-state index contributed by atoms with van der Waals surface area (Å²) in [5.41, 5.74) is 0.0188. The van der Waals surface area contributed by atoms with Crippen LogP contribution in [0.2, 0.25) is 5.02 Å². The van der Waals surface area contributed by atoms with E-state index in [-0.39, 0.29) is 22.2 Å². The lowest BCUT2D eigenvalue weighted by molar-refractivity contribution is -0.384. The number of nitrogens with one attached hydrogen (secondary N) is 1. The highest BCUT2D eigenvalue weighted by Gasteiger charge is 2.22. The van der Waals surface area contributed by atoms with Gasteiger partial charge in [-0.3, -0.25) is 14.9 Å². The fourth-order valence-electron chi connectivity index (χ4n) is 2.81. The zero-order valence-corrected chi connectivity index (χ0v) is 14.2. The van der Waals surface area contributed by atoms with Gasteiger partial charge in [0.05, 0.1) is 15.5 Å². The van der Waals surface area contributed by atoms with Gasteiger partial charge in [0.2, 0.25) is 0 Å². The molecule has 1 fully saturated rings. The number of nitrogens with zero attached hydrogens (tertiary/aromatic N) is 2. The van der Waals surface area contributed by atoms with E-state index in [0.717, 1.165) is 25.9 Å². The van der Waals surface area contributed by atoms with Crippen molar-refractivity contribution in [2.45, 2.75) is 32.7 Å². The Kier molecular flexibility index (Phi) is 5.96. The second kappa shape index (κ2) is 7.75. The minimum absolute atomic E-state index is 0.134. The number of carbonyl (C=O) groups excluding carboxylic acids is 1. The summed E-state index contributed by atoms with van der Waals surface area (Å²) >= 11 is 5.98. The molecule has 0 atom stereocenters. The second-order valence-corrected chi connectivity index (χ2v) is 6.61. The lowest BCUT2D eigenvalue weighted by Gasteiger charge is -2.34. The van der Waals surface area contributed by atoms with E-state index in [1.165, 1.54) is 18.2 Å². The molecule has 0 unspecified atom stereocenters. The Morgan fingerprint density at radius 2 is 2.09 bits per heavy atom. The van der Waals surface area contributed by atoms with Crippen LogP contribution in [0.1, 0.15) is 37.0 Å². The van der Waals surface area contributed by atoms with Crippen molar-refractivity contribution in [1.82, 2.24) is 10.2 Å². The molecule has 1 aromatic rings. The number of likely N-dealkylation sites (tertiary alicyclic amines) is 1. The van der Waals surface area contributed by atoms with E-state index in [2.05, 4.69) is 24.1 Å². The number of rotatable bonds is 5. The van der Waals surface area contributed by atoms with Gasteiger partial charge < -0.3 is 10.2 Å². The minimum atomic E-state index is -0.533. The SMILES string of the molecule is CC(C)N1CCC(CNC(=O)c2cc([N+](=O)[O-])ccc2Cl)CC1. The Hall–Kier alpha value is -1.66. The lowest BCUT2D eigenvalue weighted by Crippen LogP contribution is -2.41. The third-order valence-corrected chi connectivity index (χ3v) is 4.67. The number of carbonyl (C=O) groups is 1. The topological polar surface area (TPSA) is 75.5 Å². The Morgan fingerprint density at radius 1 is 1.43 bits per heavy atom. The zero-order valence-electron chi connectivity index (χ0n) is 13.4. The van der Waals surface area contributed by atoms with Crippen LogP contribution in [0.4, 0.5) is 5.69 Å². The molecule has 1 amide bonds. The van der Waals surface area contributed by atoms with E-state index in [0.29, 0.717) is 18.5 Å². The fourth-order valence-corrected chi connectivity index (χ4v) is 3.01. The molecule has 0 aromatic heterocycles. The molecule has 0 saturated carbocycles. The molecule has 0 bridgehead atoms. The van der Waals surface area contributed by atoms with Gasteiger partial charge in [-0.1, -0.05) is 11.6 Å². The quantitative estimate of drug-likeness (QED) is 0.660. The van der Waals surface area contributed by atoms with Crippen LogP contribution in [0.3, 0.4) is 0 Å². The lowest BCUT2D eigenvalue weighted by atomic mass is 9.96. The van der Waals surface area contributed by atoms with Crippen molar-refractivity contribution in [2.24, 2.45) is 5.92 Å². The number of nitro benzene ring substituents is 1. The molecule has 1 heterocycles. The van der Waals surface area contributed by atoms with Crippen molar-refractivity contribution in [3.63, 3.8) is 0 Å². The first-order valence-electron chi connectivity index (χ1n) is 7.84. The van der Waals surface area contributed by atoms with Gasteiger partial charge in [0.15, 0.2) is 0 Å². The maximum atomic E-state index is 12.2. The van der Waals surface area contributed by atoms with E-state index in [9.17, 15) is 14.9 Å². The van der Waals surface area contributed by atoms with Gasteiger partial charge in [-0.15, -0.1) is 0 Å². The van der Waals surface area contributed by atoms with E-state index in [1.807, 2.05) is 0 Å². The maximum Gasteiger partial charge on any atom is 0.270 e. The fraction of sp³-hybridized carbons (Fsp3) is 0.562. The van der Waals surface area contributed by atoms with Crippen LogP contribution in [0.15, 0.2) is 18.2 Å². The molecule has 0 aliphatic carbocycles. The highest BCUT2D eigenvalue weighted by Crippen LogP contribution is 2.23. The Labute approximate surface area is 141 Å². The number of benzene rings is 1. The molecule has 2 rings (SSSR count). The van der Waals surface area contributed by atoms with Gasteiger partial charge in [-0.25, -0.2) is 0 Å². The van der Waals surface area contributed by atoms with Gasteiger partial charge in [0.25, 0.3) is 11.6 Å². The number of piperidine rings is 1. The van der Waals surface area contributed by atoms with Crippen LogP contribution < -0.4 is 5.32 Å². The monoisotopic (exact) mass is 339 g/mol. The van der Waals surface area contributed by atoms with Crippen LogP contribution in [0.5, 0.6) is 0 Å². The molecule has 7 heteroatoms. The normalized spacial score (nSPS) is 16.5. The van der Waals surface area contributed by atoms with Gasteiger partial charge in [-0.05, 0) is 51.8 Å². The summed E-state index contributed by atoms with van der Waals surface area (Å²) in [6.07, 6.45) is 2.09. The molecule has 0 spiro atoms. The smallest absolute Gasteiger partial charge is 0.270 e. The second-order valence-electron chi connectivity index (χ2n) is 6.20. The highest BCUT2D eigenvalue weighted by molar-refractivity contribution is 6.33. The maximum absolute atomic E-state index is 12.2. The molecule has 1 N–H and O–H groups in total. The number of halogens is 1. The Balaban J connectivity index is 1.91. The number of non-ortho nitro benzene ring substituents is 1. The number of amides is 1. The predicted octanol–water partition coefficient (Wildman–Crippen LogP) is 3.10. The average molecular weight is 340 g/mol. The number of hydrogen-bond donors (Lipinski definition) is 1. The van der Waals surface area contributed by atoms with Crippen molar-refractivity contribution >= 4 is 23.2 Å². The van der Waals surface area contributed by atoms with Gasteiger partial charge in [0, 0.05) is 24.7 Å². The Morgan fingerprint density at radius 3 is 2.65 bits per heavy atom. The molecule has 126 valence electrons. The van der Waals surface area contributed by atoms with Crippen LogP contribution in [-0.2, 0) is 0 Å². The summed E-state index contributed by atoms with van der Waals surface area (Å²) in [4.78, 5) is 24.9. The molecule has 1 aliphatic heterocycles. The van der Waals surface area contributed by atoms with Crippen LogP contribution >= 0.6 is 11.6 Å². The third kappa shape index (κ3) is 4.65. The van der Waals surface area contributed by atoms with Crippen LogP contribution in [0, 0.1) is 16.0 Å². The zero-order chi connectivity index (χ0) is 17.0. The van der Waals surface area contributed by atoms with Crippen molar-refractivity contribution < 1.29 is 9.72 Å². The van der Waals surface area contributed by atoms with Crippen LogP contribution in [-0.4, -0.2) is 41.4 Å². The van der Waals surface area contributed by atoms with E-state index < -0.39 is 4.92 Å². The van der Waals surface area contributed by atoms with Gasteiger partial charge >= 0.3 is 0 Å². The highest BCUT2D eigenvalue weighted by atomic mass is 35.5. The molecule has 1 aromatic carbocycles. The van der Waals surface area contributed by atoms with Crippen molar-refractivity contribution in [2.75, 3.05) is 19.6 Å². The summed E-state index contributed by atoms with van der Waals surface area (Å²) in [6.45, 7) is 7.02. The molecule has 23 heavy (non-hydrogen) atoms. The summed E-state index contributed by atoms with van der Waals surface area (Å²) in [5, 5.41) is 13.9. The molecule has 1 aliphatic rings. The third-order valence-electron chi connectivity index (χ3n) is 4.34. The Bertz CT molecular complexity index is 584. The summed E-state index contributed by atoms with van der Waals surface area (Å²) in [7, 11) is 0. The van der Waals surface area contributed by atoms with Crippen molar-refractivity contribution in [3.8, 4) is 0 Å². The number of hydrogen-bond acceptors (Lipinski definition) is 4. The van der Waals surface area contributed by atoms with Crippen molar-refractivity contribution in [1.29, 1.82) is 0 Å². The summed E-state index contributed by atoms with van der Waals surface area (Å²) in [6, 6.07) is 4.45. The first-order valence-corrected chi connectivity index (χ1v) is 8.22. The minimum Gasteiger partial charge on any atom is -0.352 e. The first kappa shape index (κ1) is 17.7. The van der Waals surface area contributed by atoms with E-state index in [1.54, 1.807) is 0 Å². The van der Waals surface area contributed by atoms with E-state index in [4.69, 9.17) is 11.6 Å². The van der Waals surface area contributed by atoms with Crippen molar-refractivity contribution in [3.05, 3.63) is 38.9 Å². The first-order chi connectivity index (χ1) is 10.9. The molecular formula is C16H22ClN3O3. The molecule has 6 nitrogen and oxygen atoms in total. The summed E-state index contributed by atoms with van der Waals surface area (Å²) < 4.78 is 0. The molecule has 1 saturated heterocycles. The largest absolute Gasteiger partial charge is 0.352 e. The summed E-state index contributed by atoms with van der Waals surface area (Å²) in [5.74, 6) is 0.0800. The van der Waals surface area contributed by atoms with Gasteiger partial charge in [-0.2, -0.15) is 0 Å². The van der Waals surface area contributed by atoms with Crippen LogP contribution in [0.25, 0.3) is 0 Å². The van der Waals surface area contributed by atoms with E-state index >= 15 is 0 Å². The number of nitro groups is 1. The molecular weight excluding hydrogens is 318 g/mol. The predicted molar refractivity (Wildman–Crippen MR) is 89.9 cm³/mol. The standard InChI is InChI=1S/C16H22ClN3O3/c1-11(2)19-7-5-12(6-8-19)10-18-16(21)14-9-13(20(22)23)3-4-15(14)17/h3-4,9,11-12H,5-8,10H2,1-2H3,(H,18,21). The van der Waals surface area contributed by atoms with Gasteiger partial charge in [0.1, 0.15) is 0 Å². The molecule has 0 radical (unpaired) electrons.